The van der Waals surface area contributed by atoms with Crippen LogP contribution in [-0.4, -0.2) is 12.5 Å². The fourth-order valence-electron chi connectivity index (χ4n) is 2.37. The van der Waals surface area contributed by atoms with Crippen LogP contribution in [0.3, 0.4) is 0 Å². The molecule has 23 heavy (non-hydrogen) atoms. The fourth-order valence-corrected chi connectivity index (χ4v) is 2.55. The highest BCUT2D eigenvalue weighted by Gasteiger charge is 2.07. The Hall–Kier alpha value is -2.00. The van der Waals surface area contributed by atoms with E-state index in [2.05, 4.69) is 30.5 Å². The zero-order valence-electron chi connectivity index (χ0n) is 13.8. The lowest BCUT2D eigenvalue weighted by atomic mass is 10.0. The van der Waals surface area contributed by atoms with Gasteiger partial charge >= 0.3 is 0 Å². The lowest BCUT2D eigenvalue weighted by molar-refractivity contribution is -0.115. The van der Waals surface area contributed by atoms with Gasteiger partial charge in [-0.1, -0.05) is 49.7 Å². The summed E-state index contributed by atoms with van der Waals surface area (Å²) in [5, 5.41) is 6.87. The van der Waals surface area contributed by atoms with Crippen molar-refractivity contribution in [3.8, 4) is 0 Å². The first-order chi connectivity index (χ1) is 11.0. The van der Waals surface area contributed by atoms with Crippen LogP contribution in [0.4, 0.5) is 11.4 Å². The van der Waals surface area contributed by atoms with E-state index in [-0.39, 0.29) is 5.91 Å². The SMILES string of the molecule is Cc1ccc(NC(=O)CCNc2ccccc2C(C)C)cc1Cl. The third kappa shape index (κ3) is 5.00. The second-order valence-electron chi connectivity index (χ2n) is 5.93. The largest absolute Gasteiger partial charge is 0.384 e. The third-order valence-electron chi connectivity index (χ3n) is 3.71. The number of hydrogen-bond donors (Lipinski definition) is 2. The average Bonchev–Trinajstić information content (AvgIpc) is 2.51. The second-order valence-corrected chi connectivity index (χ2v) is 6.34. The van der Waals surface area contributed by atoms with Crippen LogP contribution in [-0.2, 0) is 4.79 Å². The monoisotopic (exact) mass is 330 g/mol. The molecule has 2 N–H and O–H groups in total. The van der Waals surface area contributed by atoms with Crippen molar-refractivity contribution in [1.29, 1.82) is 0 Å². The molecule has 0 spiro atoms. The summed E-state index contributed by atoms with van der Waals surface area (Å²) in [5.41, 5.74) is 4.08. The van der Waals surface area contributed by atoms with Crippen LogP contribution < -0.4 is 10.6 Å². The van der Waals surface area contributed by atoms with Crippen molar-refractivity contribution >= 4 is 28.9 Å². The standard InChI is InChI=1S/C19H23ClN2O/c1-13(2)16-6-4-5-7-18(16)21-11-10-19(23)22-15-9-8-14(3)17(20)12-15/h4-9,12-13,21H,10-11H2,1-3H3,(H,22,23). The number of anilines is 2. The molecule has 0 aliphatic rings. The van der Waals surface area contributed by atoms with Crippen molar-refractivity contribution in [2.75, 3.05) is 17.2 Å². The van der Waals surface area contributed by atoms with Crippen LogP contribution >= 0.6 is 11.6 Å². The van der Waals surface area contributed by atoms with E-state index in [1.807, 2.05) is 37.3 Å². The lowest BCUT2D eigenvalue weighted by Gasteiger charge is -2.14. The Balaban J connectivity index is 1.86. The molecule has 2 rings (SSSR count). The van der Waals surface area contributed by atoms with Crippen molar-refractivity contribution < 1.29 is 4.79 Å². The maximum atomic E-state index is 12.0. The van der Waals surface area contributed by atoms with E-state index in [4.69, 9.17) is 11.6 Å². The Morgan fingerprint density at radius 2 is 1.91 bits per heavy atom. The van der Waals surface area contributed by atoms with Crippen LogP contribution in [0.15, 0.2) is 42.5 Å². The molecular formula is C19H23ClN2O. The molecule has 0 aliphatic heterocycles. The smallest absolute Gasteiger partial charge is 0.226 e. The first-order valence-corrected chi connectivity index (χ1v) is 8.24. The molecule has 0 radical (unpaired) electrons. The number of carbonyl (C=O) groups excluding carboxylic acids is 1. The first-order valence-electron chi connectivity index (χ1n) is 7.86. The van der Waals surface area contributed by atoms with Crippen molar-refractivity contribution in [2.24, 2.45) is 0 Å². The van der Waals surface area contributed by atoms with E-state index < -0.39 is 0 Å². The van der Waals surface area contributed by atoms with E-state index in [9.17, 15) is 4.79 Å². The molecule has 0 fully saturated rings. The van der Waals surface area contributed by atoms with Gasteiger partial charge in [-0.15, -0.1) is 0 Å². The van der Waals surface area contributed by atoms with E-state index >= 15 is 0 Å². The molecule has 0 saturated heterocycles. The minimum absolute atomic E-state index is 0.0283. The topological polar surface area (TPSA) is 41.1 Å². The highest BCUT2D eigenvalue weighted by molar-refractivity contribution is 6.31. The van der Waals surface area contributed by atoms with Crippen molar-refractivity contribution in [3.63, 3.8) is 0 Å². The van der Waals surface area contributed by atoms with Gasteiger partial charge in [0.2, 0.25) is 5.91 Å². The second kappa shape index (κ2) is 8.02. The molecule has 1 amide bonds. The number of aryl methyl sites for hydroxylation is 1. The summed E-state index contributed by atoms with van der Waals surface area (Å²) in [7, 11) is 0. The van der Waals surface area contributed by atoms with Crippen LogP contribution in [0.1, 0.15) is 37.3 Å². The molecular weight excluding hydrogens is 308 g/mol. The number of para-hydroxylation sites is 1. The number of benzene rings is 2. The van der Waals surface area contributed by atoms with Crippen LogP contribution in [0.5, 0.6) is 0 Å². The van der Waals surface area contributed by atoms with Crippen molar-refractivity contribution in [2.45, 2.75) is 33.1 Å². The summed E-state index contributed by atoms with van der Waals surface area (Å²) in [6.07, 6.45) is 0.401. The minimum atomic E-state index is -0.0283. The molecule has 2 aromatic rings. The first kappa shape index (κ1) is 17.4. The summed E-state index contributed by atoms with van der Waals surface area (Å²) in [5.74, 6) is 0.418. The van der Waals surface area contributed by atoms with Gasteiger partial charge in [-0.2, -0.15) is 0 Å². The number of halogens is 1. The zero-order chi connectivity index (χ0) is 16.8. The molecule has 0 unspecified atom stereocenters. The van der Waals surface area contributed by atoms with E-state index in [1.54, 1.807) is 6.07 Å². The lowest BCUT2D eigenvalue weighted by Crippen LogP contribution is -2.16. The quantitative estimate of drug-likeness (QED) is 0.763. The van der Waals surface area contributed by atoms with Crippen LogP contribution in [0.2, 0.25) is 5.02 Å². The molecule has 4 heteroatoms. The minimum Gasteiger partial charge on any atom is -0.384 e. The van der Waals surface area contributed by atoms with Gasteiger partial charge < -0.3 is 10.6 Å². The van der Waals surface area contributed by atoms with Crippen LogP contribution in [0.25, 0.3) is 0 Å². The number of hydrogen-bond acceptors (Lipinski definition) is 2. The number of amides is 1. The van der Waals surface area contributed by atoms with Gasteiger partial charge in [-0.05, 0) is 42.2 Å². The fraction of sp³-hybridized carbons (Fsp3) is 0.316. The maximum Gasteiger partial charge on any atom is 0.226 e. The zero-order valence-corrected chi connectivity index (χ0v) is 14.6. The predicted octanol–water partition coefficient (Wildman–Crippen LogP) is 5.21. The van der Waals surface area contributed by atoms with Gasteiger partial charge in [-0.3, -0.25) is 4.79 Å². The molecule has 3 nitrogen and oxygen atoms in total. The summed E-state index contributed by atoms with van der Waals surface area (Å²) >= 11 is 6.07. The van der Waals surface area contributed by atoms with Gasteiger partial charge in [0.15, 0.2) is 0 Å². The van der Waals surface area contributed by atoms with Gasteiger partial charge in [-0.25, -0.2) is 0 Å². The molecule has 0 aliphatic carbocycles. The van der Waals surface area contributed by atoms with Crippen LogP contribution in [0, 0.1) is 6.92 Å². The summed E-state index contributed by atoms with van der Waals surface area (Å²) in [6, 6.07) is 13.7. The maximum absolute atomic E-state index is 12.0. The van der Waals surface area contributed by atoms with Crippen molar-refractivity contribution in [3.05, 3.63) is 58.6 Å². The summed E-state index contributed by atoms with van der Waals surface area (Å²) < 4.78 is 0. The number of carbonyl (C=O) groups is 1. The normalized spacial score (nSPS) is 10.7. The van der Waals surface area contributed by atoms with Gasteiger partial charge in [0.1, 0.15) is 0 Å². The highest BCUT2D eigenvalue weighted by atomic mass is 35.5. The van der Waals surface area contributed by atoms with Gasteiger partial charge in [0.25, 0.3) is 0 Å². The Morgan fingerprint density at radius 1 is 1.17 bits per heavy atom. The van der Waals surface area contributed by atoms with E-state index in [1.165, 1.54) is 5.56 Å². The molecule has 122 valence electrons. The Bertz CT molecular complexity index is 683. The molecule has 2 aromatic carbocycles. The number of rotatable bonds is 6. The Labute approximate surface area is 143 Å². The van der Waals surface area contributed by atoms with E-state index in [0.717, 1.165) is 16.9 Å². The van der Waals surface area contributed by atoms with E-state index in [0.29, 0.717) is 23.9 Å². The van der Waals surface area contributed by atoms with Gasteiger partial charge in [0.05, 0.1) is 0 Å². The molecule has 0 bridgehead atoms. The Kier molecular flexibility index (Phi) is 6.05. The van der Waals surface area contributed by atoms with Crippen molar-refractivity contribution in [1.82, 2.24) is 0 Å². The summed E-state index contributed by atoms with van der Waals surface area (Å²) in [4.78, 5) is 12.0. The highest BCUT2D eigenvalue weighted by Crippen LogP contribution is 2.23. The molecule has 0 aromatic heterocycles. The van der Waals surface area contributed by atoms with Gasteiger partial charge in [0, 0.05) is 29.4 Å². The average molecular weight is 331 g/mol. The number of nitrogens with one attached hydrogen (secondary N) is 2. The molecule has 0 atom stereocenters. The predicted molar refractivity (Wildman–Crippen MR) is 98.5 cm³/mol. The molecule has 0 heterocycles. The Morgan fingerprint density at radius 3 is 2.61 bits per heavy atom. The summed E-state index contributed by atoms with van der Waals surface area (Å²) in [6.45, 7) is 6.85. The third-order valence-corrected chi connectivity index (χ3v) is 4.11. The molecule has 0 saturated carbocycles.